The quantitative estimate of drug-likeness (QED) is 0.613. The van der Waals surface area contributed by atoms with Crippen LogP contribution in [0.4, 0.5) is 0 Å². The van der Waals surface area contributed by atoms with Crippen molar-refractivity contribution in [3.63, 3.8) is 0 Å². The van der Waals surface area contributed by atoms with Crippen molar-refractivity contribution in [3.8, 4) is 0 Å². The third-order valence-corrected chi connectivity index (χ3v) is 8.28. The van der Waals surface area contributed by atoms with Gasteiger partial charge in [-0.05, 0) is 78.6 Å². The molecule has 0 amide bonds. The van der Waals surface area contributed by atoms with Crippen molar-refractivity contribution < 1.29 is 0 Å². The lowest BCUT2D eigenvalue weighted by molar-refractivity contribution is 0.0229. The molecule has 0 radical (unpaired) electrons. The van der Waals surface area contributed by atoms with Crippen molar-refractivity contribution in [2.45, 2.75) is 110 Å². The van der Waals surface area contributed by atoms with Gasteiger partial charge in [0, 0.05) is 55.9 Å². The molecule has 0 aromatic rings. The van der Waals surface area contributed by atoms with Crippen LogP contribution in [-0.2, 0) is 0 Å². The van der Waals surface area contributed by atoms with E-state index in [9.17, 15) is 0 Å². The van der Waals surface area contributed by atoms with Gasteiger partial charge in [0.25, 0.3) is 0 Å². The zero-order valence-corrected chi connectivity index (χ0v) is 18.7. The fraction of sp³-hybridized carbons (Fsp3) is 0.917. The maximum absolute atomic E-state index is 2.82. The molecule has 6 unspecified atom stereocenters. The van der Waals surface area contributed by atoms with Crippen molar-refractivity contribution in [2.24, 2.45) is 11.8 Å². The molecule has 27 heavy (non-hydrogen) atoms. The Morgan fingerprint density at radius 2 is 1.56 bits per heavy atom. The van der Waals surface area contributed by atoms with Crippen molar-refractivity contribution >= 4 is 0 Å². The smallest absolute Gasteiger partial charge is 0.0290 e. The number of hydrogen-bond donors (Lipinski definition) is 0. The summed E-state index contributed by atoms with van der Waals surface area (Å²) >= 11 is 0. The maximum atomic E-state index is 2.82. The van der Waals surface area contributed by atoms with Gasteiger partial charge in [-0.1, -0.05) is 18.6 Å². The summed E-state index contributed by atoms with van der Waals surface area (Å²) in [5, 5.41) is 0. The number of fused-ring (bicyclic) bond motifs is 4. The van der Waals surface area contributed by atoms with Crippen LogP contribution in [0.3, 0.4) is 0 Å². The van der Waals surface area contributed by atoms with Gasteiger partial charge in [-0.2, -0.15) is 0 Å². The molecule has 3 heteroatoms. The summed E-state index contributed by atoms with van der Waals surface area (Å²) in [6.45, 7) is 18.4. The predicted molar refractivity (Wildman–Crippen MR) is 115 cm³/mol. The Morgan fingerprint density at radius 1 is 0.889 bits per heavy atom. The molecule has 3 fully saturated rings. The van der Waals surface area contributed by atoms with E-state index in [2.05, 4.69) is 62.3 Å². The number of hydrogen-bond acceptors (Lipinski definition) is 3. The van der Waals surface area contributed by atoms with E-state index in [1.165, 1.54) is 51.7 Å². The zero-order chi connectivity index (χ0) is 19.3. The van der Waals surface area contributed by atoms with Gasteiger partial charge in [0.2, 0.25) is 0 Å². The first-order valence-corrected chi connectivity index (χ1v) is 11.8. The number of likely N-dealkylation sites (tertiary alicyclic amines) is 2. The van der Waals surface area contributed by atoms with Crippen LogP contribution < -0.4 is 0 Å². The number of rotatable bonds is 7. The van der Waals surface area contributed by atoms with Gasteiger partial charge in [-0.15, -0.1) is 0 Å². The van der Waals surface area contributed by atoms with Gasteiger partial charge < -0.3 is 0 Å². The van der Waals surface area contributed by atoms with E-state index in [0.717, 1.165) is 42.0 Å². The van der Waals surface area contributed by atoms with E-state index < -0.39 is 0 Å². The molecule has 0 N–H and O–H groups in total. The summed E-state index contributed by atoms with van der Waals surface area (Å²) in [5.41, 5.74) is 1.80. The molecule has 3 nitrogen and oxygen atoms in total. The minimum Gasteiger partial charge on any atom is -0.298 e. The van der Waals surface area contributed by atoms with Crippen LogP contribution in [0.2, 0.25) is 0 Å². The Kier molecular flexibility index (Phi) is 5.75. The van der Waals surface area contributed by atoms with E-state index in [4.69, 9.17) is 0 Å². The summed E-state index contributed by atoms with van der Waals surface area (Å²) in [7, 11) is 0. The minimum atomic E-state index is 0.702. The summed E-state index contributed by atoms with van der Waals surface area (Å²) in [5.74, 6) is 1.64. The second-order valence-corrected chi connectivity index (χ2v) is 10.7. The SMILES string of the molecule is CC(CCC(C)N1CC2CCC(C1)N2C(C)C)C1=CC2CC1CN2C(C)C. The third-order valence-electron chi connectivity index (χ3n) is 8.28. The molecule has 1 aliphatic carbocycles. The van der Waals surface area contributed by atoms with Gasteiger partial charge in [-0.3, -0.25) is 14.7 Å². The highest BCUT2D eigenvalue weighted by atomic mass is 15.3. The van der Waals surface area contributed by atoms with Crippen LogP contribution in [0, 0.1) is 11.8 Å². The lowest BCUT2D eigenvalue weighted by Gasteiger charge is -2.45. The van der Waals surface area contributed by atoms with Crippen molar-refractivity contribution in [2.75, 3.05) is 19.6 Å². The molecule has 4 aliphatic rings. The fourth-order valence-corrected chi connectivity index (χ4v) is 6.83. The van der Waals surface area contributed by atoms with Crippen LogP contribution in [0.25, 0.3) is 0 Å². The van der Waals surface area contributed by atoms with Gasteiger partial charge in [-0.25, -0.2) is 0 Å². The topological polar surface area (TPSA) is 9.72 Å². The monoisotopic (exact) mass is 373 g/mol. The summed E-state index contributed by atoms with van der Waals surface area (Å²) in [6.07, 6.45) is 9.62. The molecule has 0 aromatic carbocycles. The van der Waals surface area contributed by atoms with E-state index in [0.29, 0.717) is 6.04 Å². The molecule has 6 atom stereocenters. The standard InChI is InChI=1S/C24H43N3/c1-16(2)26-13-20-11-23(26)12-24(20)18(5)7-8-19(6)25-14-21-9-10-22(15-25)27(21)17(3)4/h12,16-23H,7-11,13-15H2,1-6H3. The zero-order valence-electron chi connectivity index (χ0n) is 18.7. The van der Waals surface area contributed by atoms with Crippen molar-refractivity contribution in [1.29, 1.82) is 0 Å². The van der Waals surface area contributed by atoms with Gasteiger partial charge in [0.1, 0.15) is 0 Å². The Morgan fingerprint density at radius 3 is 2.07 bits per heavy atom. The molecule has 4 rings (SSSR count). The molecule has 4 bridgehead atoms. The number of piperazine rings is 1. The molecule has 3 saturated heterocycles. The molecular formula is C24H43N3. The number of nitrogens with zero attached hydrogens (tertiary/aromatic N) is 3. The average molecular weight is 374 g/mol. The lowest BCUT2D eigenvalue weighted by atomic mass is 9.87. The first kappa shape index (κ1) is 19.9. The Balaban J connectivity index is 1.28. The summed E-state index contributed by atoms with van der Waals surface area (Å²) in [4.78, 5) is 8.34. The largest absolute Gasteiger partial charge is 0.298 e. The van der Waals surface area contributed by atoms with Crippen LogP contribution in [0.5, 0.6) is 0 Å². The summed E-state index contributed by atoms with van der Waals surface area (Å²) < 4.78 is 0. The first-order chi connectivity index (χ1) is 12.8. The van der Waals surface area contributed by atoms with Crippen LogP contribution in [0.1, 0.15) is 73.6 Å². The Bertz CT molecular complexity index is 540. The highest BCUT2D eigenvalue weighted by molar-refractivity contribution is 5.25. The highest BCUT2D eigenvalue weighted by Gasteiger charge is 2.43. The molecule has 0 aromatic heterocycles. The maximum Gasteiger partial charge on any atom is 0.0290 e. The van der Waals surface area contributed by atoms with Gasteiger partial charge in [0.05, 0.1) is 0 Å². The average Bonchev–Trinajstić information content (AvgIpc) is 3.30. The van der Waals surface area contributed by atoms with E-state index in [1.807, 2.05) is 0 Å². The van der Waals surface area contributed by atoms with E-state index >= 15 is 0 Å². The molecule has 3 aliphatic heterocycles. The first-order valence-electron chi connectivity index (χ1n) is 11.8. The molecule has 154 valence electrons. The summed E-state index contributed by atoms with van der Waals surface area (Å²) in [6, 6.07) is 4.54. The second kappa shape index (κ2) is 7.80. The van der Waals surface area contributed by atoms with E-state index in [-0.39, 0.29) is 0 Å². The van der Waals surface area contributed by atoms with Crippen molar-refractivity contribution in [1.82, 2.24) is 14.7 Å². The van der Waals surface area contributed by atoms with Gasteiger partial charge >= 0.3 is 0 Å². The molecular weight excluding hydrogens is 330 g/mol. The van der Waals surface area contributed by atoms with Crippen LogP contribution >= 0.6 is 0 Å². The minimum absolute atomic E-state index is 0.702. The lowest BCUT2D eigenvalue weighted by Crippen LogP contribution is -2.57. The Labute approximate surface area is 168 Å². The normalized spacial score (nSPS) is 36.8. The van der Waals surface area contributed by atoms with Crippen molar-refractivity contribution in [3.05, 3.63) is 11.6 Å². The predicted octanol–water partition coefficient (Wildman–Crippen LogP) is 4.39. The van der Waals surface area contributed by atoms with Crippen LogP contribution in [0.15, 0.2) is 11.6 Å². The molecule has 3 heterocycles. The molecule has 0 saturated carbocycles. The second-order valence-electron chi connectivity index (χ2n) is 10.7. The van der Waals surface area contributed by atoms with Crippen LogP contribution in [-0.4, -0.2) is 70.6 Å². The van der Waals surface area contributed by atoms with E-state index in [1.54, 1.807) is 5.57 Å². The Hall–Kier alpha value is -0.380. The molecule has 0 spiro atoms. The third kappa shape index (κ3) is 3.76. The van der Waals surface area contributed by atoms with Gasteiger partial charge in [0.15, 0.2) is 0 Å². The highest BCUT2D eigenvalue weighted by Crippen LogP contribution is 2.42. The fourth-order valence-electron chi connectivity index (χ4n) is 6.83.